The number of halogens is 9. The molecule has 39 heavy (non-hydrogen) atoms. The molecule has 2 saturated heterocycles. The van der Waals surface area contributed by atoms with E-state index in [2.05, 4.69) is 10.5 Å². The van der Waals surface area contributed by atoms with Crippen molar-refractivity contribution in [2.45, 2.75) is 36.1 Å². The monoisotopic (exact) mass is 599 g/mol. The van der Waals surface area contributed by atoms with Crippen LogP contribution >= 0.6 is 23.2 Å². The predicted octanol–water partition coefficient (Wildman–Crippen LogP) is 6.18. The molecule has 2 amide bonds. The molecule has 1 atom stereocenters. The number of oxime groups is 1. The Kier molecular flexibility index (Phi) is 6.70. The van der Waals surface area contributed by atoms with Crippen LogP contribution in [0.25, 0.3) is 0 Å². The second-order valence-electron chi connectivity index (χ2n) is 9.53. The predicted molar refractivity (Wildman–Crippen MR) is 125 cm³/mol. The number of carbonyl (C=O) groups excluding carboxylic acids is 1. The summed E-state index contributed by atoms with van der Waals surface area (Å²) in [7, 11) is 0. The van der Waals surface area contributed by atoms with Gasteiger partial charge in [0, 0.05) is 12.0 Å². The molecule has 0 aliphatic carbocycles. The molecule has 3 aliphatic heterocycles. The molecule has 1 N–H and O–H groups in total. The Morgan fingerprint density at radius 3 is 2.21 bits per heavy atom. The fourth-order valence-electron chi connectivity index (χ4n) is 4.52. The number of hydrogen-bond donors (Lipinski definition) is 1. The van der Waals surface area contributed by atoms with E-state index >= 15 is 4.39 Å². The molecule has 0 aromatic heterocycles. The van der Waals surface area contributed by atoms with Gasteiger partial charge in [-0.1, -0.05) is 52.6 Å². The van der Waals surface area contributed by atoms with Gasteiger partial charge >= 0.3 is 18.4 Å². The Bertz CT molecular complexity index is 1320. The van der Waals surface area contributed by atoms with E-state index in [1.165, 1.54) is 29.2 Å². The number of benzene rings is 2. The Morgan fingerprint density at radius 2 is 1.67 bits per heavy atom. The van der Waals surface area contributed by atoms with Gasteiger partial charge in [-0.15, -0.1) is 0 Å². The summed E-state index contributed by atoms with van der Waals surface area (Å²) in [5.41, 5.74) is -7.46. The minimum Gasteiger partial charge on any atom is -0.377 e. The van der Waals surface area contributed by atoms with Crippen molar-refractivity contribution in [2.75, 3.05) is 26.3 Å². The molecule has 15 heteroatoms. The number of amides is 2. The second-order valence-corrected chi connectivity index (χ2v) is 10.3. The number of nitrogens with zero attached hydrogens (tertiary/aromatic N) is 2. The van der Waals surface area contributed by atoms with E-state index in [-0.39, 0.29) is 42.0 Å². The van der Waals surface area contributed by atoms with Gasteiger partial charge in [-0.05, 0) is 23.3 Å². The van der Waals surface area contributed by atoms with Gasteiger partial charge in [-0.2, -0.15) is 26.3 Å². The molecule has 0 spiro atoms. The first kappa shape index (κ1) is 27.8. The summed E-state index contributed by atoms with van der Waals surface area (Å²) >= 11 is 11.4. The minimum absolute atomic E-state index is 0.117. The number of nitrogens with one attached hydrogen (secondary N) is 1. The highest BCUT2D eigenvalue weighted by molar-refractivity contribution is 6.42. The third-order valence-corrected chi connectivity index (χ3v) is 7.66. The van der Waals surface area contributed by atoms with Crippen LogP contribution in [0.1, 0.15) is 28.7 Å². The van der Waals surface area contributed by atoms with Gasteiger partial charge in [0.15, 0.2) is 5.67 Å². The van der Waals surface area contributed by atoms with Crippen LogP contribution in [0.3, 0.4) is 0 Å². The molecule has 2 aromatic rings. The first-order valence-electron chi connectivity index (χ1n) is 11.4. The number of alkyl halides is 7. The van der Waals surface area contributed by atoms with Crippen molar-refractivity contribution in [2.24, 2.45) is 5.16 Å². The van der Waals surface area contributed by atoms with Crippen LogP contribution < -0.4 is 5.32 Å². The molecule has 0 saturated carbocycles. The molecule has 0 radical (unpaired) electrons. The molecule has 1 unspecified atom stereocenters. The molecular formula is C24H18Cl2F7N3O3. The zero-order valence-corrected chi connectivity index (χ0v) is 21.1. The van der Waals surface area contributed by atoms with Crippen molar-refractivity contribution in [3.05, 3.63) is 68.7 Å². The van der Waals surface area contributed by atoms with E-state index in [1.54, 1.807) is 0 Å². The SMILES string of the molecule is O=C(NC1COC1)N1CC(F)(c2ccc(C3=NOC(c4cc(Cl)c(Cl)c(C(F)(F)F)c4)(C(F)(F)F)C3)cc2)C1. The summed E-state index contributed by atoms with van der Waals surface area (Å²) < 4.78 is 103. The van der Waals surface area contributed by atoms with Crippen LogP contribution in [0, 0.1) is 0 Å². The third-order valence-electron chi connectivity index (χ3n) is 6.86. The Hall–Kier alpha value is -2.77. The van der Waals surface area contributed by atoms with Crippen LogP contribution in [0.15, 0.2) is 41.6 Å². The fourth-order valence-corrected chi connectivity index (χ4v) is 4.95. The molecule has 5 rings (SSSR count). The zero-order chi connectivity index (χ0) is 28.4. The van der Waals surface area contributed by atoms with Gasteiger partial charge in [0.2, 0.25) is 0 Å². The lowest BCUT2D eigenvalue weighted by Gasteiger charge is -2.45. The number of urea groups is 1. The lowest BCUT2D eigenvalue weighted by molar-refractivity contribution is -0.276. The highest BCUT2D eigenvalue weighted by Crippen LogP contribution is 2.51. The Morgan fingerprint density at radius 1 is 1.03 bits per heavy atom. The quantitative estimate of drug-likeness (QED) is 0.427. The topological polar surface area (TPSA) is 63.2 Å². The highest BCUT2D eigenvalue weighted by atomic mass is 35.5. The maximum atomic E-state index is 15.3. The van der Waals surface area contributed by atoms with Crippen LogP contribution in [0.4, 0.5) is 35.5 Å². The van der Waals surface area contributed by atoms with E-state index in [0.29, 0.717) is 19.3 Å². The largest absolute Gasteiger partial charge is 0.435 e. The Balaban J connectivity index is 1.34. The average molecular weight is 600 g/mol. The van der Waals surface area contributed by atoms with Gasteiger partial charge < -0.3 is 19.8 Å². The third kappa shape index (κ3) is 4.89. The summed E-state index contributed by atoms with van der Waals surface area (Å²) in [6, 6.07) is 5.72. The van der Waals surface area contributed by atoms with Gasteiger partial charge in [0.05, 0.1) is 53.7 Å². The Labute approximate surface area is 226 Å². The van der Waals surface area contributed by atoms with E-state index in [0.717, 1.165) is 0 Å². The molecule has 6 nitrogen and oxygen atoms in total. The van der Waals surface area contributed by atoms with Crippen molar-refractivity contribution < 1.29 is 45.1 Å². The number of hydrogen-bond acceptors (Lipinski definition) is 4. The molecular weight excluding hydrogens is 582 g/mol. The second kappa shape index (κ2) is 9.41. The van der Waals surface area contributed by atoms with Gasteiger partial charge in [0.1, 0.15) is 0 Å². The van der Waals surface area contributed by atoms with Crippen molar-refractivity contribution in [1.82, 2.24) is 10.2 Å². The normalized spacial score (nSPS) is 23.0. The summed E-state index contributed by atoms with van der Waals surface area (Å²) in [6.07, 6.45) is -11.2. The number of carbonyl (C=O) groups is 1. The maximum absolute atomic E-state index is 15.3. The van der Waals surface area contributed by atoms with Crippen molar-refractivity contribution in [1.29, 1.82) is 0 Å². The molecule has 3 aliphatic rings. The summed E-state index contributed by atoms with van der Waals surface area (Å²) in [6.45, 7) is 0.344. The first-order valence-corrected chi connectivity index (χ1v) is 12.2. The van der Waals surface area contributed by atoms with Crippen molar-refractivity contribution >= 4 is 34.9 Å². The molecule has 2 aromatic carbocycles. The molecule has 0 bridgehead atoms. The van der Waals surface area contributed by atoms with E-state index in [1.807, 2.05) is 0 Å². The lowest BCUT2D eigenvalue weighted by Crippen LogP contribution is -2.63. The summed E-state index contributed by atoms with van der Waals surface area (Å²) in [4.78, 5) is 18.2. The average Bonchev–Trinajstić information content (AvgIpc) is 3.27. The van der Waals surface area contributed by atoms with E-state index in [9.17, 15) is 31.1 Å². The minimum atomic E-state index is -5.19. The molecule has 3 heterocycles. The standard InChI is InChI=1S/C24H18Cl2F7N3O3/c25-17-6-14(5-16(19(17)26)23(28,29)30)22(24(31,32)33)7-18(35-39-22)12-1-3-13(4-2-12)21(27)10-36(11-21)20(37)34-15-8-38-9-15/h1-6,15H,7-11H2,(H,34,37). The zero-order valence-electron chi connectivity index (χ0n) is 19.6. The maximum Gasteiger partial charge on any atom is 0.435 e. The van der Waals surface area contributed by atoms with Crippen LogP contribution in [-0.4, -0.2) is 55.2 Å². The summed E-state index contributed by atoms with van der Waals surface area (Å²) in [5, 5.41) is 4.55. The van der Waals surface area contributed by atoms with E-state index < -0.39 is 57.2 Å². The first-order chi connectivity index (χ1) is 18.1. The smallest absolute Gasteiger partial charge is 0.377 e. The van der Waals surface area contributed by atoms with Crippen molar-refractivity contribution in [3.63, 3.8) is 0 Å². The fraction of sp³-hybridized carbons (Fsp3) is 0.417. The lowest BCUT2D eigenvalue weighted by atomic mass is 9.84. The van der Waals surface area contributed by atoms with Gasteiger partial charge in [-0.25, -0.2) is 9.18 Å². The number of rotatable bonds is 4. The number of likely N-dealkylation sites (tertiary alicyclic amines) is 1. The number of ether oxygens (including phenoxy) is 1. The van der Waals surface area contributed by atoms with Crippen LogP contribution in [0.2, 0.25) is 10.0 Å². The highest BCUT2D eigenvalue weighted by Gasteiger charge is 2.63. The van der Waals surface area contributed by atoms with Gasteiger partial charge in [-0.3, -0.25) is 0 Å². The van der Waals surface area contributed by atoms with Crippen LogP contribution in [-0.2, 0) is 27.0 Å². The van der Waals surface area contributed by atoms with E-state index in [4.69, 9.17) is 32.8 Å². The van der Waals surface area contributed by atoms with Gasteiger partial charge in [0.25, 0.3) is 5.60 Å². The molecule has 210 valence electrons. The van der Waals surface area contributed by atoms with Crippen molar-refractivity contribution in [3.8, 4) is 0 Å². The summed E-state index contributed by atoms with van der Waals surface area (Å²) in [5.74, 6) is 0. The molecule has 2 fully saturated rings. The van der Waals surface area contributed by atoms with Crippen LogP contribution in [0.5, 0.6) is 0 Å².